The summed E-state index contributed by atoms with van der Waals surface area (Å²) in [6, 6.07) is 6.18. The van der Waals surface area contributed by atoms with Gasteiger partial charge in [0.25, 0.3) is 0 Å². The lowest BCUT2D eigenvalue weighted by molar-refractivity contribution is 0.902. The highest BCUT2D eigenvalue weighted by atomic mass is 79.9. The fourth-order valence-corrected chi connectivity index (χ4v) is 2.70. The zero-order valence-electron chi connectivity index (χ0n) is 12.7. The molecule has 112 valence electrons. The minimum Gasteiger partial charge on any atom is -0.370 e. The van der Waals surface area contributed by atoms with E-state index in [1.807, 2.05) is 6.07 Å². The molecule has 0 unspecified atom stereocenters. The van der Waals surface area contributed by atoms with E-state index in [9.17, 15) is 0 Å². The Bertz CT molecular complexity index is 613. The van der Waals surface area contributed by atoms with Crippen LogP contribution in [0, 0.1) is 6.92 Å². The summed E-state index contributed by atoms with van der Waals surface area (Å²) in [5, 5.41) is 6.75. The van der Waals surface area contributed by atoms with Crippen LogP contribution in [0.5, 0.6) is 0 Å². The van der Waals surface area contributed by atoms with Crippen LogP contribution in [0.1, 0.15) is 31.4 Å². The van der Waals surface area contributed by atoms with Crippen molar-refractivity contribution < 1.29 is 0 Å². The Kier molecular flexibility index (Phi) is 5.56. The minimum atomic E-state index is 0.852. The third kappa shape index (κ3) is 3.94. The number of aromatic nitrogens is 2. The van der Waals surface area contributed by atoms with Crippen LogP contribution in [-0.2, 0) is 6.42 Å². The van der Waals surface area contributed by atoms with Crippen LogP contribution in [0.2, 0.25) is 0 Å². The summed E-state index contributed by atoms with van der Waals surface area (Å²) in [6.45, 7) is 7.17. The summed E-state index contributed by atoms with van der Waals surface area (Å²) >= 11 is 3.49. The molecule has 2 N–H and O–H groups in total. The normalized spacial score (nSPS) is 10.5. The Balaban J connectivity index is 2.36. The maximum Gasteiger partial charge on any atom is 0.139 e. The first-order chi connectivity index (χ1) is 10.2. The van der Waals surface area contributed by atoms with E-state index >= 15 is 0 Å². The van der Waals surface area contributed by atoms with Gasteiger partial charge in [0.2, 0.25) is 0 Å². The largest absolute Gasteiger partial charge is 0.370 e. The molecule has 4 nitrogen and oxygen atoms in total. The van der Waals surface area contributed by atoms with Gasteiger partial charge >= 0.3 is 0 Å². The van der Waals surface area contributed by atoms with Crippen LogP contribution in [0.4, 0.5) is 17.3 Å². The Morgan fingerprint density at radius 1 is 1.14 bits per heavy atom. The Labute approximate surface area is 134 Å². The summed E-state index contributed by atoms with van der Waals surface area (Å²) in [6.07, 6.45) is 3.61. The number of rotatable bonds is 6. The number of hydrogen-bond acceptors (Lipinski definition) is 4. The maximum atomic E-state index is 4.43. The molecule has 2 aromatic rings. The molecule has 0 fully saturated rings. The molecule has 0 aliphatic heterocycles. The zero-order chi connectivity index (χ0) is 15.2. The molecule has 0 bridgehead atoms. The third-order valence-corrected chi connectivity index (χ3v) is 3.72. The fraction of sp³-hybridized carbons (Fsp3) is 0.375. The molecule has 0 saturated carbocycles. The van der Waals surface area contributed by atoms with Gasteiger partial charge in [-0.1, -0.05) is 29.3 Å². The molecule has 0 aliphatic rings. The highest BCUT2D eigenvalue weighted by Gasteiger charge is 2.11. The van der Waals surface area contributed by atoms with Gasteiger partial charge in [-0.15, -0.1) is 0 Å². The van der Waals surface area contributed by atoms with Crippen molar-refractivity contribution in [3.05, 3.63) is 40.1 Å². The molecule has 0 saturated heterocycles. The second-order valence-electron chi connectivity index (χ2n) is 4.91. The molecular formula is C16H21BrN4. The Morgan fingerprint density at radius 3 is 2.57 bits per heavy atom. The second-order valence-corrected chi connectivity index (χ2v) is 5.83. The van der Waals surface area contributed by atoms with Crippen molar-refractivity contribution >= 4 is 33.3 Å². The van der Waals surface area contributed by atoms with Gasteiger partial charge in [-0.05, 0) is 44.0 Å². The van der Waals surface area contributed by atoms with E-state index in [0.29, 0.717) is 0 Å². The van der Waals surface area contributed by atoms with Gasteiger partial charge in [0.15, 0.2) is 0 Å². The van der Waals surface area contributed by atoms with Crippen LogP contribution in [0.15, 0.2) is 29.0 Å². The first kappa shape index (κ1) is 15.8. The molecule has 0 aliphatic carbocycles. The molecule has 2 rings (SSSR count). The van der Waals surface area contributed by atoms with Crippen molar-refractivity contribution in [3.8, 4) is 0 Å². The summed E-state index contributed by atoms with van der Waals surface area (Å²) < 4.78 is 1.08. The van der Waals surface area contributed by atoms with Crippen LogP contribution >= 0.6 is 15.9 Å². The highest BCUT2D eigenvalue weighted by Crippen LogP contribution is 2.27. The van der Waals surface area contributed by atoms with E-state index in [-0.39, 0.29) is 0 Å². The molecule has 0 radical (unpaired) electrons. The van der Waals surface area contributed by atoms with E-state index in [0.717, 1.165) is 46.7 Å². The number of nitrogens with zero attached hydrogens (tertiary/aromatic N) is 2. The molecule has 1 aromatic carbocycles. The third-order valence-electron chi connectivity index (χ3n) is 3.23. The standard InChI is InChI=1S/C16H21BrN4/c1-4-6-13-15(18-5-2)19-10-20-16(13)21-14-8-7-12(17)9-11(14)3/h7-10H,4-6H2,1-3H3,(H2,18,19,20,21). The average molecular weight is 349 g/mol. The van der Waals surface area contributed by atoms with Crippen molar-refractivity contribution in [2.45, 2.75) is 33.6 Å². The first-order valence-corrected chi connectivity index (χ1v) is 8.05. The monoisotopic (exact) mass is 348 g/mol. The minimum absolute atomic E-state index is 0.852. The molecule has 0 spiro atoms. The predicted molar refractivity (Wildman–Crippen MR) is 92.4 cm³/mol. The van der Waals surface area contributed by atoms with Crippen molar-refractivity contribution in [3.63, 3.8) is 0 Å². The SMILES string of the molecule is CCCc1c(NCC)ncnc1Nc1ccc(Br)cc1C. The lowest BCUT2D eigenvalue weighted by Crippen LogP contribution is -2.08. The van der Waals surface area contributed by atoms with Gasteiger partial charge in [0.1, 0.15) is 18.0 Å². The molecule has 5 heteroatoms. The summed E-state index contributed by atoms with van der Waals surface area (Å²) in [4.78, 5) is 8.78. The fourth-order valence-electron chi connectivity index (χ4n) is 2.22. The summed E-state index contributed by atoms with van der Waals surface area (Å²) in [5.74, 6) is 1.81. The molecule has 0 atom stereocenters. The van der Waals surface area contributed by atoms with Crippen LogP contribution in [-0.4, -0.2) is 16.5 Å². The predicted octanol–water partition coefficient (Wildman–Crippen LogP) is 4.68. The van der Waals surface area contributed by atoms with Crippen LogP contribution < -0.4 is 10.6 Å². The van der Waals surface area contributed by atoms with Crippen LogP contribution in [0.25, 0.3) is 0 Å². The number of nitrogens with one attached hydrogen (secondary N) is 2. The number of benzene rings is 1. The van der Waals surface area contributed by atoms with Crippen molar-refractivity contribution in [2.24, 2.45) is 0 Å². The molecule has 1 heterocycles. The topological polar surface area (TPSA) is 49.8 Å². The van der Waals surface area contributed by atoms with E-state index in [1.54, 1.807) is 6.33 Å². The zero-order valence-corrected chi connectivity index (χ0v) is 14.3. The number of halogens is 1. The van der Waals surface area contributed by atoms with Gasteiger partial charge in [-0.2, -0.15) is 0 Å². The smallest absolute Gasteiger partial charge is 0.139 e. The second kappa shape index (κ2) is 7.41. The Morgan fingerprint density at radius 2 is 1.90 bits per heavy atom. The highest BCUT2D eigenvalue weighted by molar-refractivity contribution is 9.10. The van der Waals surface area contributed by atoms with Gasteiger partial charge in [0, 0.05) is 22.3 Å². The lowest BCUT2D eigenvalue weighted by Gasteiger charge is -2.15. The molecular weight excluding hydrogens is 328 g/mol. The van der Waals surface area contributed by atoms with E-state index in [1.165, 1.54) is 5.56 Å². The summed E-state index contributed by atoms with van der Waals surface area (Å²) in [7, 11) is 0. The average Bonchev–Trinajstić information content (AvgIpc) is 2.45. The quantitative estimate of drug-likeness (QED) is 0.795. The van der Waals surface area contributed by atoms with Crippen molar-refractivity contribution in [2.75, 3.05) is 17.2 Å². The number of anilines is 3. The van der Waals surface area contributed by atoms with Crippen molar-refractivity contribution in [1.29, 1.82) is 0 Å². The Hall–Kier alpha value is -1.62. The molecule has 0 amide bonds. The van der Waals surface area contributed by atoms with Gasteiger partial charge in [-0.3, -0.25) is 0 Å². The van der Waals surface area contributed by atoms with E-state index in [4.69, 9.17) is 0 Å². The van der Waals surface area contributed by atoms with E-state index in [2.05, 4.69) is 69.4 Å². The van der Waals surface area contributed by atoms with Gasteiger partial charge in [0.05, 0.1) is 0 Å². The van der Waals surface area contributed by atoms with Gasteiger partial charge < -0.3 is 10.6 Å². The maximum absolute atomic E-state index is 4.43. The van der Waals surface area contributed by atoms with E-state index < -0.39 is 0 Å². The number of hydrogen-bond donors (Lipinski definition) is 2. The van der Waals surface area contributed by atoms with Crippen LogP contribution in [0.3, 0.4) is 0 Å². The molecule has 21 heavy (non-hydrogen) atoms. The molecule has 1 aromatic heterocycles. The summed E-state index contributed by atoms with van der Waals surface area (Å²) in [5.41, 5.74) is 3.39. The van der Waals surface area contributed by atoms with Gasteiger partial charge in [-0.25, -0.2) is 9.97 Å². The van der Waals surface area contributed by atoms with Crippen molar-refractivity contribution in [1.82, 2.24) is 9.97 Å². The number of aryl methyl sites for hydroxylation is 1. The first-order valence-electron chi connectivity index (χ1n) is 7.26. The lowest BCUT2D eigenvalue weighted by atomic mass is 10.1.